The normalized spacial score (nSPS) is 32.0. The Balaban J connectivity index is 1.27. The first-order valence-corrected chi connectivity index (χ1v) is 9.36. The molecule has 24 heavy (non-hydrogen) atoms. The van der Waals surface area contributed by atoms with Crippen LogP contribution in [-0.4, -0.2) is 23.9 Å². The lowest BCUT2D eigenvalue weighted by atomic mass is 9.85. The molecule has 0 unspecified atom stereocenters. The number of amides is 2. The van der Waals surface area contributed by atoms with E-state index in [9.17, 15) is 9.59 Å². The van der Waals surface area contributed by atoms with Crippen LogP contribution in [0.15, 0.2) is 30.3 Å². The van der Waals surface area contributed by atoms with Gasteiger partial charge in [0.1, 0.15) is 0 Å². The number of rotatable bonds is 5. The van der Waals surface area contributed by atoms with E-state index < -0.39 is 0 Å². The molecule has 4 rings (SSSR count). The van der Waals surface area contributed by atoms with Crippen LogP contribution < -0.4 is 10.6 Å². The minimum Gasteiger partial charge on any atom is -0.353 e. The Morgan fingerprint density at radius 3 is 2.33 bits per heavy atom. The van der Waals surface area contributed by atoms with Gasteiger partial charge in [0, 0.05) is 23.9 Å². The summed E-state index contributed by atoms with van der Waals surface area (Å²) >= 11 is 0. The number of nitrogens with one attached hydrogen (secondary N) is 2. The zero-order chi connectivity index (χ0) is 16.5. The Labute approximate surface area is 143 Å². The number of hydrogen-bond donors (Lipinski definition) is 2. The van der Waals surface area contributed by atoms with Crippen molar-refractivity contribution in [3.05, 3.63) is 35.9 Å². The van der Waals surface area contributed by atoms with E-state index in [4.69, 9.17) is 0 Å². The Hall–Kier alpha value is -1.84. The van der Waals surface area contributed by atoms with Gasteiger partial charge in [-0.15, -0.1) is 0 Å². The quantitative estimate of drug-likeness (QED) is 0.874. The van der Waals surface area contributed by atoms with Gasteiger partial charge in [-0.2, -0.15) is 0 Å². The average molecular weight is 326 g/mol. The van der Waals surface area contributed by atoms with Crippen molar-refractivity contribution in [2.75, 3.05) is 0 Å². The first-order valence-electron chi connectivity index (χ1n) is 9.36. The fourth-order valence-corrected chi connectivity index (χ4v) is 3.97. The summed E-state index contributed by atoms with van der Waals surface area (Å²) in [6.45, 7) is 0. The van der Waals surface area contributed by atoms with Crippen LogP contribution in [0.4, 0.5) is 0 Å². The number of carbonyl (C=O) groups excluding carboxylic acids is 2. The van der Waals surface area contributed by atoms with Crippen molar-refractivity contribution in [3.8, 4) is 0 Å². The van der Waals surface area contributed by atoms with Gasteiger partial charge in [0.15, 0.2) is 0 Å². The highest BCUT2D eigenvalue weighted by Gasteiger charge is 2.44. The lowest BCUT2D eigenvalue weighted by Crippen LogP contribution is -2.43. The summed E-state index contributed by atoms with van der Waals surface area (Å²) in [5.74, 6) is 0.952. The SMILES string of the molecule is O=C(NC1CC1)[C@@H]1CCC[C@H](NC(=O)[C@@H]2C[C@H]2c2ccccc2)C1. The zero-order valence-electron chi connectivity index (χ0n) is 14.0. The van der Waals surface area contributed by atoms with Gasteiger partial charge in [0.25, 0.3) is 0 Å². The van der Waals surface area contributed by atoms with Crippen molar-refractivity contribution in [1.29, 1.82) is 0 Å². The van der Waals surface area contributed by atoms with Gasteiger partial charge in [-0.3, -0.25) is 9.59 Å². The molecule has 3 saturated carbocycles. The summed E-state index contributed by atoms with van der Waals surface area (Å²) in [5.41, 5.74) is 1.27. The van der Waals surface area contributed by atoms with Gasteiger partial charge in [0.05, 0.1) is 0 Å². The molecule has 3 fully saturated rings. The Morgan fingerprint density at radius 1 is 0.833 bits per heavy atom. The van der Waals surface area contributed by atoms with Crippen LogP contribution >= 0.6 is 0 Å². The lowest BCUT2D eigenvalue weighted by molar-refractivity contribution is -0.128. The van der Waals surface area contributed by atoms with Gasteiger partial charge in [-0.25, -0.2) is 0 Å². The van der Waals surface area contributed by atoms with Crippen LogP contribution in [0.3, 0.4) is 0 Å². The van der Waals surface area contributed by atoms with E-state index in [0.717, 1.165) is 44.9 Å². The molecular weight excluding hydrogens is 300 g/mol. The van der Waals surface area contributed by atoms with Crippen molar-refractivity contribution < 1.29 is 9.59 Å². The van der Waals surface area contributed by atoms with Gasteiger partial charge in [-0.1, -0.05) is 36.8 Å². The van der Waals surface area contributed by atoms with E-state index in [0.29, 0.717) is 12.0 Å². The molecule has 0 heterocycles. The Bertz CT molecular complexity index is 611. The number of benzene rings is 1. The van der Waals surface area contributed by atoms with Gasteiger partial charge < -0.3 is 10.6 Å². The molecule has 0 bridgehead atoms. The van der Waals surface area contributed by atoms with Crippen LogP contribution in [0.25, 0.3) is 0 Å². The summed E-state index contributed by atoms with van der Waals surface area (Å²) in [5, 5.41) is 6.32. The van der Waals surface area contributed by atoms with Crippen molar-refractivity contribution in [2.24, 2.45) is 11.8 Å². The van der Waals surface area contributed by atoms with Crippen molar-refractivity contribution >= 4 is 11.8 Å². The van der Waals surface area contributed by atoms with E-state index in [1.807, 2.05) is 18.2 Å². The zero-order valence-corrected chi connectivity index (χ0v) is 14.0. The highest BCUT2D eigenvalue weighted by atomic mass is 16.2. The molecule has 4 atom stereocenters. The molecule has 0 aromatic heterocycles. The molecular formula is C20H26N2O2. The topological polar surface area (TPSA) is 58.2 Å². The predicted molar refractivity (Wildman–Crippen MR) is 92.3 cm³/mol. The van der Waals surface area contributed by atoms with Crippen molar-refractivity contribution in [1.82, 2.24) is 10.6 Å². The van der Waals surface area contributed by atoms with E-state index in [1.165, 1.54) is 5.56 Å². The van der Waals surface area contributed by atoms with E-state index in [-0.39, 0.29) is 29.7 Å². The molecule has 0 saturated heterocycles. The smallest absolute Gasteiger partial charge is 0.223 e. The molecule has 1 aromatic carbocycles. The summed E-state index contributed by atoms with van der Waals surface area (Å²) in [7, 11) is 0. The fourth-order valence-electron chi connectivity index (χ4n) is 3.97. The second-order valence-corrected chi connectivity index (χ2v) is 7.71. The van der Waals surface area contributed by atoms with Crippen LogP contribution in [0.1, 0.15) is 56.4 Å². The maximum absolute atomic E-state index is 12.5. The molecule has 1 aromatic rings. The second kappa shape index (κ2) is 6.58. The average Bonchev–Trinajstić information content (AvgIpc) is 3.50. The summed E-state index contributed by atoms with van der Waals surface area (Å²) in [4.78, 5) is 24.7. The third-order valence-electron chi connectivity index (χ3n) is 5.67. The number of carbonyl (C=O) groups is 2. The highest BCUT2D eigenvalue weighted by Crippen LogP contribution is 2.47. The second-order valence-electron chi connectivity index (χ2n) is 7.71. The van der Waals surface area contributed by atoms with Gasteiger partial charge in [-0.05, 0) is 50.0 Å². The molecule has 0 radical (unpaired) electrons. The number of hydrogen-bond acceptors (Lipinski definition) is 2. The molecule has 2 amide bonds. The molecule has 0 spiro atoms. The Morgan fingerprint density at radius 2 is 1.58 bits per heavy atom. The minimum atomic E-state index is 0.0776. The predicted octanol–water partition coefficient (Wildman–Crippen LogP) is 2.74. The van der Waals surface area contributed by atoms with E-state index in [2.05, 4.69) is 22.8 Å². The van der Waals surface area contributed by atoms with Crippen molar-refractivity contribution in [3.63, 3.8) is 0 Å². The molecule has 3 aliphatic rings. The monoisotopic (exact) mass is 326 g/mol. The van der Waals surface area contributed by atoms with E-state index in [1.54, 1.807) is 0 Å². The standard InChI is InChI=1S/C20H26N2O2/c23-19(21-15-9-10-15)14-7-4-8-16(11-14)22-20(24)18-12-17(18)13-5-2-1-3-6-13/h1-3,5-6,14-18H,4,7-12H2,(H,21,23)(H,22,24)/t14-,16+,17+,18-/m1/s1. The fraction of sp³-hybridized carbons (Fsp3) is 0.600. The first kappa shape index (κ1) is 15.7. The Kier molecular flexibility index (Phi) is 4.30. The van der Waals surface area contributed by atoms with Crippen molar-refractivity contribution in [2.45, 2.75) is 62.9 Å². The third kappa shape index (κ3) is 3.63. The maximum atomic E-state index is 12.5. The van der Waals surface area contributed by atoms with Gasteiger partial charge in [0.2, 0.25) is 11.8 Å². The molecule has 4 heteroatoms. The van der Waals surface area contributed by atoms with Crippen LogP contribution in [-0.2, 0) is 9.59 Å². The molecule has 0 aliphatic heterocycles. The molecule has 3 aliphatic carbocycles. The largest absolute Gasteiger partial charge is 0.353 e. The molecule has 4 nitrogen and oxygen atoms in total. The molecule has 128 valence electrons. The summed E-state index contributed by atoms with van der Waals surface area (Å²) in [6.07, 6.45) is 6.99. The third-order valence-corrected chi connectivity index (χ3v) is 5.67. The lowest BCUT2D eigenvalue weighted by Gasteiger charge is -2.29. The van der Waals surface area contributed by atoms with Gasteiger partial charge >= 0.3 is 0 Å². The first-order chi connectivity index (χ1) is 11.7. The summed E-state index contributed by atoms with van der Waals surface area (Å²) in [6, 6.07) is 10.9. The van der Waals surface area contributed by atoms with E-state index >= 15 is 0 Å². The highest BCUT2D eigenvalue weighted by molar-refractivity contribution is 5.83. The van der Waals surface area contributed by atoms with Crippen LogP contribution in [0.5, 0.6) is 0 Å². The summed E-state index contributed by atoms with van der Waals surface area (Å²) < 4.78 is 0. The molecule has 2 N–H and O–H groups in total. The minimum absolute atomic E-state index is 0.0776. The van der Waals surface area contributed by atoms with Crippen LogP contribution in [0.2, 0.25) is 0 Å². The van der Waals surface area contributed by atoms with Crippen LogP contribution in [0, 0.1) is 11.8 Å². The maximum Gasteiger partial charge on any atom is 0.223 e.